The fraction of sp³-hybridized carbons (Fsp3) is 0.667. The van der Waals surface area contributed by atoms with E-state index >= 15 is 0 Å². The average molecular weight is 214 g/mol. The molecule has 0 fully saturated rings. The van der Waals surface area contributed by atoms with E-state index in [1.165, 1.54) is 0 Å². The van der Waals surface area contributed by atoms with E-state index in [9.17, 15) is 0 Å². The molecule has 0 amide bonds. The molecule has 0 saturated heterocycles. The maximum atomic E-state index is 5.28. The molecule has 0 aromatic heterocycles. The number of ether oxygens (including phenoxy) is 3. The van der Waals surface area contributed by atoms with Crippen LogP contribution in [0.25, 0.3) is 0 Å². The molecule has 0 rings (SSSR count). The Morgan fingerprint density at radius 2 is 1.20 bits per heavy atom. The average Bonchev–Trinajstić information content (AvgIpc) is 2.26. The molecule has 3 heteroatoms. The monoisotopic (exact) mass is 214 g/mol. The second kappa shape index (κ2) is 13.0. The Balaban J connectivity index is 2.98. The van der Waals surface area contributed by atoms with Gasteiger partial charge in [-0.15, -0.1) is 0 Å². The highest BCUT2D eigenvalue weighted by atomic mass is 16.5. The van der Waals surface area contributed by atoms with E-state index in [0.717, 1.165) is 12.8 Å². The Kier molecular flexibility index (Phi) is 12.2. The fourth-order valence-corrected chi connectivity index (χ4v) is 0.781. The van der Waals surface area contributed by atoms with E-state index in [2.05, 4.69) is 13.8 Å². The van der Waals surface area contributed by atoms with Crippen LogP contribution in [0.2, 0.25) is 0 Å². The summed E-state index contributed by atoms with van der Waals surface area (Å²) in [5, 5.41) is 0. The largest absolute Gasteiger partial charge is 0.499 e. The molecule has 0 aromatic carbocycles. The molecule has 0 atom stereocenters. The van der Waals surface area contributed by atoms with Crippen molar-refractivity contribution in [2.75, 3.05) is 26.4 Å². The first-order chi connectivity index (χ1) is 7.41. The molecule has 0 radical (unpaired) electrons. The Morgan fingerprint density at radius 3 is 1.60 bits per heavy atom. The minimum absolute atomic E-state index is 0.599. The quantitative estimate of drug-likeness (QED) is 0.413. The van der Waals surface area contributed by atoms with Crippen LogP contribution in [0.1, 0.15) is 26.7 Å². The van der Waals surface area contributed by atoms with E-state index in [4.69, 9.17) is 14.2 Å². The van der Waals surface area contributed by atoms with E-state index in [-0.39, 0.29) is 0 Å². The smallest absolute Gasteiger partial charge is 0.111 e. The van der Waals surface area contributed by atoms with Crippen molar-refractivity contribution in [2.45, 2.75) is 26.7 Å². The third-order valence-electron chi connectivity index (χ3n) is 1.55. The number of rotatable bonds is 10. The summed E-state index contributed by atoms with van der Waals surface area (Å²) in [5.74, 6) is 0. The molecule has 15 heavy (non-hydrogen) atoms. The predicted molar refractivity (Wildman–Crippen MR) is 61.6 cm³/mol. The Bertz CT molecular complexity index is 146. The molecule has 88 valence electrons. The van der Waals surface area contributed by atoms with Gasteiger partial charge in [-0.25, -0.2) is 0 Å². The minimum atomic E-state index is 0.599. The lowest BCUT2D eigenvalue weighted by Gasteiger charge is -2.03. The lowest BCUT2D eigenvalue weighted by Crippen LogP contribution is -2.06. The fourth-order valence-electron chi connectivity index (χ4n) is 0.781. The molecule has 0 aliphatic carbocycles. The number of hydrogen-bond acceptors (Lipinski definition) is 3. The third kappa shape index (κ3) is 13.0. The zero-order valence-electron chi connectivity index (χ0n) is 9.78. The first-order valence-corrected chi connectivity index (χ1v) is 5.52. The Hall–Kier alpha value is -0.960. The molecular formula is C12H22O3. The number of hydrogen-bond donors (Lipinski definition) is 0. The summed E-state index contributed by atoms with van der Waals surface area (Å²) in [5.41, 5.74) is 0. The van der Waals surface area contributed by atoms with Gasteiger partial charge < -0.3 is 14.2 Å². The highest BCUT2D eigenvalue weighted by Crippen LogP contribution is 1.85. The highest BCUT2D eigenvalue weighted by molar-refractivity contribution is 4.70. The molecule has 0 aromatic rings. The van der Waals surface area contributed by atoms with Crippen molar-refractivity contribution in [3.05, 3.63) is 24.7 Å². The van der Waals surface area contributed by atoms with Crippen LogP contribution in [0.3, 0.4) is 0 Å². The minimum Gasteiger partial charge on any atom is -0.499 e. The molecular weight excluding hydrogens is 192 g/mol. The Morgan fingerprint density at radius 1 is 0.733 bits per heavy atom. The van der Waals surface area contributed by atoms with Crippen molar-refractivity contribution < 1.29 is 14.2 Å². The van der Waals surface area contributed by atoms with E-state index in [1.807, 2.05) is 12.2 Å². The zero-order valence-corrected chi connectivity index (χ0v) is 9.78. The molecule has 3 nitrogen and oxygen atoms in total. The van der Waals surface area contributed by atoms with Gasteiger partial charge in [-0.1, -0.05) is 26.0 Å². The maximum absolute atomic E-state index is 5.28. The van der Waals surface area contributed by atoms with Gasteiger partial charge in [0.1, 0.15) is 13.2 Å². The topological polar surface area (TPSA) is 27.7 Å². The van der Waals surface area contributed by atoms with Crippen LogP contribution in [0.5, 0.6) is 0 Å². The van der Waals surface area contributed by atoms with Crippen molar-refractivity contribution >= 4 is 0 Å². The summed E-state index contributed by atoms with van der Waals surface area (Å²) in [7, 11) is 0. The normalized spacial score (nSPS) is 11.3. The van der Waals surface area contributed by atoms with Crippen molar-refractivity contribution in [1.82, 2.24) is 0 Å². The van der Waals surface area contributed by atoms with Crippen LogP contribution in [0, 0.1) is 0 Å². The van der Waals surface area contributed by atoms with Gasteiger partial charge in [0.25, 0.3) is 0 Å². The van der Waals surface area contributed by atoms with Crippen LogP contribution < -0.4 is 0 Å². The summed E-state index contributed by atoms with van der Waals surface area (Å²) in [6.45, 7) is 6.54. The van der Waals surface area contributed by atoms with Crippen LogP contribution >= 0.6 is 0 Å². The summed E-state index contributed by atoms with van der Waals surface area (Å²) in [6.07, 6.45) is 9.36. The van der Waals surface area contributed by atoms with Gasteiger partial charge in [0.2, 0.25) is 0 Å². The molecule has 0 spiro atoms. The molecule has 0 heterocycles. The lowest BCUT2D eigenvalue weighted by atomic mass is 10.5. The summed E-state index contributed by atoms with van der Waals surface area (Å²) in [6, 6.07) is 0. The van der Waals surface area contributed by atoms with E-state index in [0.29, 0.717) is 26.4 Å². The molecule has 0 aliphatic rings. The first kappa shape index (κ1) is 14.0. The van der Waals surface area contributed by atoms with E-state index < -0.39 is 0 Å². The van der Waals surface area contributed by atoms with Gasteiger partial charge in [-0.2, -0.15) is 0 Å². The summed E-state index contributed by atoms with van der Waals surface area (Å²) in [4.78, 5) is 0. The van der Waals surface area contributed by atoms with E-state index in [1.54, 1.807) is 12.5 Å². The molecule has 0 N–H and O–H groups in total. The van der Waals surface area contributed by atoms with Crippen molar-refractivity contribution in [1.29, 1.82) is 0 Å². The van der Waals surface area contributed by atoms with Crippen molar-refractivity contribution in [3.8, 4) is 0 Å². The summed E-state index contributed by atoms with van der Waals surface area (Å²) < 4.78 is 15.6. The maximum Gasteiger partial charge on any atom is 0.111 e. The lowest BCUT2D eigenvalue weighted by molar-refractivity contribution is 0.0554. The van der Waals surface area contributed by atoms with Gasteiger partial charge in [-0.3, -0.25) is 0 Å². The van der Waals surface area contributed by atoms with Crippen LogP contribution in [0.15, 0.2) is 24.7 Å². The molecule has 0 aliphatic heterocycles. The van der Waals surface area contributed by atoms with Gasteiger partial charge in [0.05, 0.1) is 25.7 Å². The van der Waals surface area contributed by atoms with Crippen LogP contribution in [-0.2, 0) is 14.2 Å². The van der Waals surface area contributed by atoms with Gasteiger partial charge >= 0.3 is 0 Å². The van der Waals surface area contributed by atoms with Crippen LogP contribution in [-0.4, -0.2) is 26.4 Å². The molecule has 0 unspecified atom stereocenters. The zero-order chi connectivity index (χ0) is 11.2. The van der Waals surface area contributed by atoms with Gasteiger partial charge in [-0.05, 0) is 12.8 Å². The second-order valence-electron chi connectivity index (χ2n) is 2.91. The van der Waals surface area contributed by atoms with Crippen LogP contribution in [0.4, 0.5) is 0 Å². The highest BCUT2D eigenvalue weighted by Gasteiger charge is 1.87. The standard InChI is InChI=1S/C12H22O3/c1-3-5-7-13-9-11-15-12-10-14-8-6-4-2/h5-8H,3-4,9-12H2,1-2H3. The SMILES string of the molecule is CCC=COCCOCCOC=CCC. The third-order valence-corrected chi connectivity index (χ3v) is 1.55. The predicted octanol–water partition coefficient (Wildman–Crippen LogP) is 2.88. The van der Waals surface area contributed by atoms with Crippen molar-refractivity contribution in [2.24, 2.45) is 0 Å². The first-order valence-electron chi connectivity index (χ1n) is 5.52. The summed E-state index contributed by atoms with van der Waals surface area (Å²) >= 11 is 0. The molecule has 0 saturated carbocycles. The number of allylic oxidation sites excluding steroid dienone is 2. The van der Waals surface area contributed by atoms with Crippen molar-refractivity contribution in [3.63, 3.8) is 0 Å². The van der Waals surface area contributed by atoms with Gasteiger partial charge in [0.15, 0.2) is 0 Å². The Labute approximate surface area is 92.7 Å². The second-order valence-corrected chi connectivity index (χ2v) is 2.91. The molecule has 0 bridgehead atoms. The van der Waals surface area contributed by atoms with Gasteiger partial charge in [0, 0.05) is 0 Å².